The zero-order chi connectivity index (χ0) is 12.3. The zero-order valence-electron chi connectivity index (χ0n) is 9.66. The molecule has 0 saturated carbocycles. The van der Waals surface area contributed by atoms with Gasteiger partial charge in [-0.25, -0.2) is 8.78 Å². The summed E-state index contributed by atoms with van der Waals surface area (Å²) in [5, 5.41) is 0. The van der Waals surface area contributed by atoms with Gasteiger partial charge in [0.25, 0.3) is 0 Å². The van der Waals surface area contributed by atoms with Crippen LogP contribution in [0.25, 0.3) is 0 Å². The maximum Gasteiger partial charge on any atom is 0.130 e. The van der Waals surface area contributed by atoms with Gasteiger partial charge in [0.2, 0.25) is 0 Å². The van der Waals surface area contributed by atoms with Crippen molar-refractivity contribution in [2.24, 2.45) is 5.73 Å². The summed E-state index contributed by atoms with van der Waals surface area (Å²) in [4.78, 5) is 0. The number of hydrogen-bond donors (Lipinski definition) is 1. The van der Waals surface area contributed by atoms with Crippen LogP contribution in [0.2, 0.25) is 0 Å². The third-order valence-corrected chi connectivity index (χ3v) is 3.19. The molecule has 0 aromatic heterocycles. The fourth-order valence-electron chi connectivity index (χ4n) is 2.25. The molecule has 1 fully saturated rings. The van der Waals surface area contributed by atoms with Crippen molar-refractivity contribution < 1.29 is 13.5 Å². The lowest BCUT2D eigenvalue weighted by Crippen LogP contribution is -2.17. The summed E-state index contributed by atoms with van der Waals surface area (Å²) in [6, 6.07) is 3.23. The van der Waals surface area contributed by atoms with Gasteiger partial charge < -0.3 is 10.5 Å². The van der Waals surface area contributed by atoms with Gasteiger partial charge in [-0.2, -0.15) is 0 Å². The van der Waals surface area contributed by atoms with Gasteiger partial charge in [0, 0.05) is 18.2 Å². The van der Waals surface area contributed by atoms with Crippen molar-refractivity contribution in [3.05, 3.63) is 35.4 Å². The van der Waals surface area contributed by atoms with Crippen LogP contribution in [0.4, 0.5) is 8.78 Å². The number of benzene rings is 1. The van der Waals surface area contributed by atoms with E-state index < -0.39 is 17.7 Å². The molecule has 2 atom stereocenters. The topological polar surface area (TPSA) is 35.2 Å². The third-order valence-electron chi connectivity index (χ3n) is 3.19. The van der Waals surface area contributed by atoms with E-state index in [4.69, 9.17) is 10.5 Å². The Morgan fingerprint density at radius 1 is 1.35 bits per heavy atom. The monoisotopic (exact) mass is 241 g/mol. The van der Waals surface area contributed by atoms with Crippen molar-refractivity contribution >= 4 is 0 Å². The van der Waals surface area contributed by atoms with Crippen LogP contribution in [0.15, 0.2) is 18.2 Å². The van der Waals surface area contributed by atoms with Crippen molar-refractivity contribution in [2.75, 3.05) is 6.61 Å². The minimum Gasteiger partial charge on any atom is -0.378 e. The number of halogens is 2. The van der Waals surface area contributed by atoms with Crippen molar-refractivity contribution in [1.29, 1.82) is 0 Å². The van der Waals surface area contributed by atoms with Gasteiger partial charge in [0.05, 0.1) is 6.10 Å². The molecule has 2 N–H and O–H groups in total. The van der Waals surface area contributed by atoms with E-state index in [0.29, 0.717) is 6.42 Å². The fourth-order valence-corrected chi connectivity index (χ4v) is 2.25. The normalized spacial score (nSPS) is 21.7. The van der Waals surface area contributed by atoms with Crippen molar-refractivity contribution in [2.45, 2.75) is 37.8 Å². The lowest BCUT2D eigenvalue weighted by atomic mass is 9.99. The van der Waals surface area contributed by atoms with Crippen molar-refractivity contribution in [3.63, 3.8) is 0 Å². The molecule has 2 nitrogen and oxygen atoms in total. The lowest BCUT2D eigenvalue weighted by molar-refractivity contribution is 0.100. The highest BCUT2D eigenvalue weighted by atomic mass is 19.1. The van der Waals surface area contributed by atoms with Crippen molar-refractivity contribution in [3.8, 4) is 0 Å². The molecule has 1 heterocycles. The van der Waals surface area contributed by atoms with E-state index >= 15 is 0 Å². The highest BCUT2D eigenvalue weighted by molar-refractivity contribution is 5.22. The molecule has 1 aliphatic rings. The van der Waals surface area contributed by atoms with Gasteiger partial charge in [0.1, 0.15) is 11.6 Å². The van der Waals surface area contributed by atoms with Crippen LogP contribution in [-0.2, 0) is 4.74 Å². The minimum absolute atomic E-state index is 0.00880. The van der Waals surface area contributed by atoms with Crippen LogP contribution >= 0.6 is 0 Å². The Hall–Kier alpha value is -1.00. The summed E-state index contributed by atoms with van der Waals surface area (Å²) in [5.74, 6) is -1.13. The number of hydrogen-bond acceptors (Lipinski definition) is 2. The van der Waals surface area contributed by atoms with Gasteiger partial charge in [-0.3, -0.25) is 0 Å². The summed E-state index contributed by atoms with van der Waals surface area (Å²) in [6.07, 6.45) is 3.59. The Morgan fingerprint density at radius 2 is 2.06 bits per heavy atom. The van der Waals surface area contributed by atoms with Gasteiger partial charge in [-0.1, -0.05) is 6.07 Å². The Bertz CT molecular complexity index is 357. The highest BCUT2D eigenvalue weighted by Crippen LogP contribution is 2.25. The lowest BCUT2D eigenvalue weighted by Gasteiger charge is -2.16. The fraction of sp³-hybridized carbons (Fsp3) is 0.538. The molecular weight excluding hydrogens is 224 g/mol. The second kappa shape index (κ2) is 5.56. The third kappa shape index (κ3) is 3.01. The molecule has 94 valence electrons. The predicted molar refractivity (Wildman–Crippen MR) is 61.5 cm³/mol. The molecule has 0 aliphatic carbocycles. The summed E-state index contributed by atoms with van der Waals surface area (Å²) in [6.45, 7) is 0.786. The average Bonchev–Trinajstić information content (AvgIpc) is 2.79. The van der Waals surface area contributed by atoms with Crippen molar-refractivity contribution in [1.82, 2.24) is 0 Å². The van der Waals surface area contributed by atoms with Crippen LogP contribution in [0.5, 0.6) is 0 Å². The molecule has 4 heteroatoms. The summed E-state index contributed by atoms with van der Waals surface area (Å²) < 4.78 is 32.4. The molecule has 1 aromatic carbocycles. The predicted octanol–water partition coefficient (Wildman–Crippen LogP) is 2.92. The zero-order valence-corrected chi connectivity index (χ0v) is 9.66. The molecule has 2 rings (SSSR count). The van der Waals surface area contributed by atoms with Crippen LogP contribution in [0.1, 0.15) is 37.3 Å². The first-order valence-electron chi connectivity index (χ1n) is 5.99. The molecule has 1 aliphatic heterocycles. The Morgan fingerprint density at radius 3 is 2.65 bits per heavy atom. The Balaban J connectivity index is 1.96. The van der Waals surface area contributed by atoms with Gasteiger partial charge in [-0.15, -0.1) is 0 Å². The quantitative estimate of drug-likeness (QED) is 0.879. The largest absolute Gasteiger partial charge is 0.378 e. The molecule has 1 saturated heterocycles. The average molecular weight is 241 g/mol. The van der Waals surface area contributed by atoms with E-state index in [2.05, 4.69) is 0 Å². The Kier molecular flexibility index (Phi) is 4.07. The van der Waals surface area contributed by atoms with E-state index in [1.165, 1.54) is 18.2 Å². The standard InChI is InChI=1S/C13H17F2NO/c14-10-4-1-5-11(15)13(10)12(16)7-6-9-3-2-8-17-9/h1,4-5,9,12H,2-3,6-8,16H2. The summed E-state index contributed by atoms with van der Waals surface area (Å²) in [5.41, 5.74) is 5.83. The maximum atomic E-state index is 13.5. The number of rotatable bonds is 4. The molecule has 1 aromatic rings. The number of nitrogens with two attached hydrogens (primary N) is 1. The van der Waals surface area contributed by atoms with E-state index in [1.807, 2.05) is 0 Å². The second-order valence-electron chi connectivity index (χ2n) is 4.45. The van der Waals surface area contributed by atoms with Crippen LogP contribution in [-0.4, -0.2) is 12.7 Å². The summed E-state index contributed by atoms with van der Waals surface area (Å²) in [7, 11) is 0. The first kappa shape index (κ1) is 12.5. The molecule has 0 bridgehead atoms. The van der Waals surface area contributed by atoms with Gasteiger partial charge >= 0.3 is 0 Å². The van der Waals surface area contributed by atoms with E-state index in [9.17, 15) is 8.78 Å². The smallest absolute Gasteiger partial charge is 0.130 e. The van der Waals surface area contributed by atoms with E-state index in [0.717, 1.165) is 25.9 Å². The maximum absolute atomic E-state index is 13.5. The van der Waals surface area contributed by atoms with E-state index in [1.54, 1.807) is 0 Å². The SMILES string of the molecule is NC(CCC1CCCO1)c1c(F)cccc1F. The molecule has 2 unspecified atom stereocenters. The van der Waals surface area contributed by atoms with Gasteiger partial charge in [-0.05, 0) is 37.8 Å². The second-order valence-corrected chi connectivity index (χ2v) is 4.45. The molecule has 17 heavy (non-hydrogen) atoms. The molecule has 0 spiro atoms. The molecule has 0 radical (unpaired) electrons. The van der Waals surface area contributed by atoms with Crippen LogP contribution in [0.3, 0.4) is 0 Å². The highest BCUT2D eigenvalue weighted by Gasteiger charge is 2.20. The Labute approximate surface area is 99.8 Å². The summed E-state index contributed by atoms with van der Waals surface area (Å²) >= 11 is 0. The van der Waals surface area contributed by atoms with Crippen LogP contribution in [0, 0.1) is 11.6 Å². The van der Waals surface area contributed by atoms with Gasteiger partial charge in [0.15, 0.2) is 0 Å². The minimum atomic E-state index is -0.597. The first-order valence-corrected chi connectivity index (χ1v) is 5.99. The number of ether oxygens (including phenoxy) is 1. The first-order chi connectivity index (χ1) is 8.18. The van der Waals surface area contributed by atoms with E-state index in [-0.39, 0.29) is 11.7 Å². The van der Waals surface area contributed by atoms with Crippen LogP contribution < -0.4 is 5.73 Å². The molecule has 0 amide bonds. The molecular formula is C13H17F2NO.